The first kappa shape index (κ1) is 15.4. The normalized spacial score (nSPS) is 10.7. The molecule has 2 aromatic carbocycles. The fourth-order valence-corrected chi connectivity index (χ4v) is 1.79. The number of carboxylic acid groups (broad SMARTS) is 1. The number of aromatic hydroxyl groups is 1. The summed E-state index contributed by atoms with van der Waals surface area (Å²) in [6, 6.07) is 11.2. The van der Waals surface area contributed by atoms with Crippen LogP contribution in [-0.4, -0.2) is 22.5 Å². The van der Waals surface area contributed by atoms with Crippen molar-refractivity contribution in [2.75, 3.05) is 0 Å². The van der Waals surface area contributed by atoms with E-state index in [-0.39, 0.29) is 17.9 Å². The third kappa shape index (κ3) is 4.24. The van der Waals surface area contributed by atoms with Crippen molar-refractivity contribution in [2.45, 2.75) is 12.8 Å². The Hall–Kier alpha value is -3.02. The summed E-state index contributed by atoms with van der Waals surface area (Å²) >= 11 is 0. The molecule has 0 saturated carbocycles. The molecule has 0 spiro atoms. The monoisotopic (exact) mass is 298 g/mol. The van der Waals surface area contributed by atoms with Gasteiger partial charge >= 0.3 is 5.97 Å². The van der Waals surface area contributed by atoms with Crippen molar-refractivity contribution in [1.82, 2.24) is 0 Å². The Balaban J connectivity index is 2.16. The van der Waals surface area contributed by atoms with Gasteiger partial charge in [-0.05, 0) is 48.4 Å². The zero-order valence-corrected chi connectivity index (χ0v) is 11.6. The van der Waals surface area contributed by atoms with Gasteiger partial charge in [0, 0.05) is 12.0 Å². The molecule has 0 bridgehead atoms. The number of benzene rings is 2. The number of aliphatic carboxylic acids is 1. The molecule has 22 heavy (non-hydrogen) atoms. The van der Waals surface area contributed by atoms with Crippen molar-refractivity contribution in [1.29, 1.82) is 0 Å². The molecule has 0 amide bonds. The summed E-state index contributed by atoms with van der Waals surface area (Å²) in [5.74, 6) is -0.918. The largest absolute Gasteiger partial charge is 0.506 e. The first-order chi connectivity index (χ1) is 10.6. The van der Waals surface area contributed by atoms with Crippen LogP contribution in [0.1, 0.15) is 22.3 Å². The van der Waals surface area contributed by atoms with E-state index in [1.165, 1.54) is 6.07 Å². The first-order valence-electron chi connectivity index (χ1n) is 6.59. The molecule has 0 heterocycles. The standard InChI is InChI=1S/C16H14N2O4/c19-10-12-1-5-13(6-2-12)17-18-14-9-11(3-7-15(14)20)4-8-16(21)22/h1-3,5-7,9-10,20H,4,8H2,(H,21,22). The van der Waals surface area contributed by atoms with Gasteiger partial charge in [0.05, 0.1) is 5.69 Å². The number of phenolic OH excluding ortho intramolecular Hbond substituents is 1. The Kier molecular flexibility index (Phi) is 4.98. The SMILES string of the molecule is O=Cc1ccc(N=Nc2cc(CCC(=O)O)ccc2O)cc1. The molecule has 0 aliphatic carbocycles. The van der Waals surface area contributed by atoms with Gasteiger partial charge in [-0.3, -0.25) is 9.59 Å². The number of hydrogen-bond donors (Lipinski definition) is 2. The first-order valence-corrected chi connectivity index (χ1v) is 6.59. The molecule has 2 rings (SSSR count). The number of nitrogens with zero attached hydrogens (tertiary/aromatic N) is 2. The summed E-state index contributed by atoms with van der Waals surface area (Å²) in [4.78, 5) is 21.1. The Morgan fingerprint density at radius 1 is 1.09 bits per heavy atom. The highest BCUT2D eigenvalue weighted by Crippen LogP contribution is 2.29. The van der Waals surface area contributed by atoms with Crippen molar-refractivity contribution in [3.8, 4) is 5.75 Å². The number of aryl methyl sites for hydroxylation is 1. The third-order valence-corrected chi connectivity index (χ3v) is 2.97. The van der Waals surface area contributed by atoms with Crippen LogP contribution in [0.25, 0.3) is 0 Å². The zero-order chi connectivity index (χ0) is 15.9. The molecule has 0 atom stereocenters. The van der Waals surface area contributed by atoms with E-state index in [1.807, 2.05) is 0 Å². The fraction of sp³-hybridized carbons (Fsp3) is 0.125. The van der Waals surface area contributed by atoms with Gasteiger partial charge in [0.25, 0.3) is 0 Å². The molecular weight excluding hydrogens is 284 g/mol. The van der Waals surface area contributed by atoms with Crippen LogP contribution in [0.3, 0.4) is 0 Å². The summed E-state index contributed by atoms with van der Waals surface area (Å²) in [6.45, 7) is 0. The lowest BCUT2D eigenvalue weighted by Crippen LogP contribution is -1.97. The van der Waals surface area contributed by atoms with E-state index < -0.39 is 5.97 Å². The van der Waals surface area contributed by atoms with Gasteiger partial charge in [-0.2, -0.15) is 5.11 Å². The van der Waals surface area contributed by atoms with Gasteiger partial charge in [-0.1, -0.05) is 6.07 Å². The molecule has 6 nitrogen and oxygen atoms in total. The van der Waals surface area contributed by atoms with Crippen LogP contribution in [0.4, 0.5) is 11.4 Å². The summed E-state index contributed by atoms with van der Waals surface area (Å²) < 4.78 is 0. The molecule has 2 N–H and O–H groups in total. The molecule has 0 aromatic heterocycles. The van der Waals surface area contributed by atoms with Gasteiger partial charge in [0.1, 0.15) is 17.7 Å². The Morgan fingerprint density at radius 2 is 1.82 bits per heavy atom. The number of hydrogen-bond acceptors (Lipinski definition) is 5. The molecule has 2 aromatic rings. The summed E-state index contributed by atoms with van der Waals surface area (Å²) in [7, 11) is 0. The lowest BCUT2D eigenvalue weighted by atomic mass is 10.1. The van der Waals surface area contributed by atoms with Crippen LogP contribution < -0.4 is 0 Å². The van der Waals surface area contributed by atoms with Crippen LogP contribution in [0.15, 0.2) is 52.7 Å². The minimum Gasteiger partial charge on any atom is -0.506 e. The van der Waals surface area contributed by atoms with Crippen molar-refractivity contribution >= 4 is 23.6 Å². The maximum absolute atomic E-state index is 10.6. The molecule has 0 unspecified atom stereocenters. The van der Waals surface area contributed by atoms with Crippen LogP contribution in [0.2, 0.25) is 0 Å². The van der Waals surface area contributed by atoms with Gasteiger partial charge in [-0.15, -0.1) is 5.11 Å². The molecule has 112 valence electrons. The lowest BCUT2D eigenvalue weighted by molar-refractivity contribution is -0.136. The molecule has 0 saturated heterocycles. The van der Waals surface area contributed by atoms with Crippen LogP contribution >= 0.6 is 0 Å². The van der Waals surface area contributed by atoms with Gasteiger partial charge in [-0.25, -0.2) is 0 Å². The van der Waals surface area contributed by atoms with Crippen molar-refractivity contribution in [2.24, 2.45) is 10.2 Å². The second kappa shape index (κ2) is 7.12. The quantitative estimate of drug-likeness (QED) is 0.628. The van der Waals surface area contributed by atoms with Gasteiger partial charge < -0.3 is 10.2 Å². The number of carboxylic acids is 1. The van der Waals surface area contributed by atoms with Gasteiger partial charge in [0.2, 0.25) is 0 Å². The van der Waals surface area contributed by atoms with Crippen LogP contribution in [0, 0.1) is 0 Å². The number of carbonyl (C=O) groups is 2. The van der Waals surface area contributed by atoms with E-state index in [4.69, 9.17) is 5.11 Å². The van der Waals surface area contributed by atoms with E-state index in [0.717, 1.165) is 11.8 Å². The fourth-order valence-electron chi connectivity index (χ4n) is 1.79. The second-order valence-corrected chi connectivity index (χ2v) is 4.63. The highest BCUT2D eigenvalue weighted by Gasteiger charge is 2.04. The van der Waals surface area contributed by atoms with E-state index in [0.29, 0.717) is 17.7 Å². The Labute approximate surface area is 126 Å². The smallest absolute Gasteiger partial charge is 0.303 e. The van der Waals surface area contributed by atoms with Crippen molar-refractivity contribution in [3.63, 3.8) is 0 Å². The molecule has 6 heteroatoms. The number of rotatable bonds is 6. The average molecular weight is 298 g/mol. The number of carbonyl (C=O) groups excluding carboxylic acids is 1. The van der Waals surface area contributed by atoms with Crippen molar-refractivity contribution in [3.05, 3.63) is 53.6 Å². The Morgan fingerprint density at radius 3 is 2.45 bits per heavy atom. The molecular formula is C16H14N2O4. The third-order valence-electron chi connectivity index (χ3n) is 2.97. The topological polar surface area (TPSA) is 99.3 Å². The minimum atomic E-state index is -0.883. The zero-order valence-electron chi connectivity index (χ0n) is 11.6. The van der Waals surface area contributed by atoms with Crippen molar-refractivity contribution < 1.29 is 19.8 Å². The van der Waals surface area contributed by atoms with Crippen LogP contribution in [-0.2, 0) is 11.2 Å². The Bertz CT molecular complexity index is 709. The predicted molar refractivity (Wildman–Crippen MR) is 80.1 cm³/mol. The minimum absolute atomic E-state index is 0.00845. The number of azo groups is 1. The maximum Gasteiger partial charge on any atom is 0.303 e. The van der Waals surface area contributed by atoms with E-state index in [2.05, 4.69) is 10.2 Å². The lowest BCUT2D eigenvalue weighted by Gasteiger charge is -2.02. The highest BCUT2D eigenvalue weighted by atomic mass is 16.4. The van der Waals surface area contributed by atoms with Gasteiger partial charge in [0.15, 0.2) is 0 Å². The molecule has 0 aliphatic heterocycles. The van der Waals surface area contributed by atoms with Crippen LogP contribution in [0.5, 0.6) is 5.75 Å². The highest BCUT2D eigenvalue weighted by molar-refractivity contribution is 5.75. The summed E-state index contributed by atoms with van der Waals surface area (Å²) in [6.07, 6.45) is 1.10. The van der Waals surface area contributed by atoms with E-state index >= 15 is 0 Å². The number of phenols is 1. The second-order valence-electron chi connectivity index (χ2n) is 4.63. The summed E-state index contributed by atoms with van der Waals surface area (Å²) in [5, 5.41) is 26.4. The van der Waals surface area contributed by atoms with E-state index in [9.17, 15) is 14.7 Å². The molecule has 0 radical (unpaired) electrons. The number of aldehydes is 1. The predicted octanol–water partition coefficient (Wildman–Crippen LogP) is 3.64. The average Bonchev–Trinajstić information content (AvgIpc) is 2.53. The van der Waals surface area contributed by atoms with E-state index in [1.54, 1.807) is 36.4 Å². The molecule has 0 aliphatic rings. The maximum atomic E-state index is 10.6. The summed E-state index contributed by atoms with van der Waals surface area (Å²) in [5.41, 5.74) is 2.10. The molecule has 0 fully saturated rings.